The van der Waals surface area contributed by atoms with Gasteiger partial charge in [0, 0.05) is 47.0 Å². The molecule has 12 heteroatoms. The number of hydrogen-bond acceptors (Lipinski definition) is 5. The van der Waals surface area contributed by atoms with Crippen LogP contribution in [0.4, 0.5) is 24.7 Å². The van der Waals surface area contributed by atoms with E-state index < -0.39 is 41.7 Å². The Bertz CT molecular complexity index is 1430. The normalized spacial score (nSPS) is 19.6. The Morgan fingerprint density at radius 3 is 2.51 bits per heavy atom. The Morgan fingerprint density at radius 1 is 1.07 bits per heavy atom. The van der Waals surface area contributed by atoms with E-state index in [1.165, 1.54) is 46.6 Å². The molecule has 2 aromatic carbocycles. The SMILES string of the molecule is O=C(NC1CCC(F)(F)CC1)[C@H](c1ccccc1I)N(C(=O)[C@@H]1CCC(=O)N1c1cnccn1)c1cccc(F)c1. The first kappa shape index (κ1) is 29.0. The van der Waals surface area contributed by atoms with Crippen molar-refractivity contribution in [1.82, 2.24) is 15.3 Å². The van der Waals surface area contributed by atoms with E-state index in [-0.39, 0.29) is 55.9 Å². The van der Waals surface area contributed by atoms with Gasteiger partial charge in [-0.2, -0.15) is 0 Å². The number of amides is 3. The number of carbonyl (C=O) groups excluding carboxylic acids is 3. The van der Waals surface area contributed by atoms with Crippen LogP contribution in [0.3, 0.4) is 0 Å². The van der Waals surface area contributed by atoms with E-state index >= 15 is 0 Å². The summed E-state index contributed by atoms with van der Waals surface area (Å²) in [5.41, 5.74) is 0.586. The molecule has 1 aromatic heterocycles. The van der Waals surface area contributed by atoms with Gasteiger partial charge in [0.25, 0.3) is 5.91 Å². The highest BCUT2D eigenvalue weighted by molar-refractivity contribution is 14.1. The Kier molecular flexibility index (Phi) is 8.57. The minimum Gasteiger partial charge on any atom is -0.351 e. The molecule has 1 aliphatic carbocycles. The molecule has 2 heterocycles. The van der Waals surface area contributed by atoms with Gasteiger partial charge in [-0.05, 0) is 71.7 Å². The number of carbonyl (C=O) groups is 3. The maximum atomic E-state index is 14.6. The molecule has 3 aromatic rings. The van der Waals surface area contributed by atoms with Crippen LogP contribution < -0.4 is 15.1 Å². The summed E-state index contributed by atoms with van der Waals surface area (Å²) in [7, 11) is 0. The van der Waals surface area contributed by atoms with Crippen LogP contribution in [0, 0.1) is 9.39 Å². The monoisotopic (exact) mass is 677 g/mol. The third-order valence-electron chi connectivity index (χ3n) is 7.39. The van der Waals surface area contributed by atoms with E-state index in [9.17, 15) is 27.6 Å². The van der Waals surface area contributed by atoms with E-state index in [4.69, 9.17) is 0 Å². The molecule has 214 valence electrons. The smallest absolute Gasteiger partial charge is 0.251 e. The Morgan fingerprint density at radius 2 is 1.83 bits per heavy atom. The highest BCUT2D eigenvalue weighted by Gasteiger charge is 2.45. The predicted octanol–water partition coefficient (Wildman–Crippen LogP) is 5.18. The zero-order valence-electron chi connectivity index (χ0n) is 21.9. The fourth-order valence-corrected chi connectivity index (χ4v) is 6.05. The van der Waals surface area contributed by atoms with Crippen molar-refractivity contribution in [2.24, 2.45) is 0 Å². The van der Waals surface area contributed by atoms with Crippen molar-refractivity contribution in [3.63, 3.8) is 0 Å². The first-order valence-electron chi connectivity index (χ1n) is 13.2. The van der Waals surface area contributed by atoms with Crippen molar-refractivity contribution in [2.75, 3.05) is 9.80 Å². The summed E-state index contributed by atoms with van der Waals surface area (Å²) in [6.45, 7) is 0. The van der Waals surface area contributed by atoms with Gasteiger partial charge in [-0.1, -0.05) is 24.3 Å². The van der Waals surface area contributed by atoms with Gasteiger partial charge in [-0.15, -0.1) is 0 Å². The lowest BCUT2D eigenvalue weighted by molar-refractivity contribution is -0.128. The van der Waals surface area contributed by atoms with Gasteiger partial charge in [0.2, 0.25) is 17.7 Å². The van der Waals surface area contributed by atoms with Crippen LogP contribution in [0.15, 0.2) is 67.1 Å². The Balaban J connectivity index is 1.58. The molecule has 0 spiro atoms. The minimum absolute atomic E-state index is 0.0694. The van der Waals surface area contributed by atoms with Crippen LogP contribution in [-0.2, 0) is 14.4 Å². The number of halogens is 4. The van der Waals surface area contributed by atoms with Crippen LogP contribution in [0.2, 0.25) is 0 Å². The minimum atomic E-state index is -2.78. The zero-order valence-corrected chi connectivity index (χ0v) is 24.0. The number of aromatic nitrogens is 2. The molecule has 1 saturated carbocycles. The van der Waals surface area contributed by atoms with Gasteiger partial charge in [-0.3, -0.25) is 29.2 Å². The van der Waals surface area contributed by atoms with Crippen LogP contribution in [0.25, 0.3) is 0 Å². The van der Waals surface area contributed by atoms with E-state index in [0.29, 0.717) is 9.13 Å². The van der Waals surface area contributed by atoms with E-state index in [1.54, 1.807) is 24.3 Å². The first-order chi connectivity index (χ1) is 19.6. The summed E-state index contributed by atoms with van der Waals surface area (Å²) in [5.74, 6) is -4.74. The van der Waals surface area contributed by atoms with Gasteiger partial charge in [0.1, 0.15) is 17.9 Å². The number of hydrogen-bond donors (Lipinski definition) is 1. The molecule has 0 radical (unpaired) electrons. The maximum Gasteiger partial charge on any atom is 0.251 e. The lowest BCUT2D eigenvalue weighted by atomic mass is 9.91. The van der Waals surface area contributed by atoms with E-state index in [0.717, 1.165) is 6.07 Å². The number of nitrogens with one attached hydrogen (secondary N) is 1. The summed E-state index contributed by atoms with van der Waals surface area (Å²) >= 11 is 2.06. The van der Waals surface area contributed by atoms with Crippen LogP contribution in [0.5, 0.6) is 0 Å². The quantitative estimate of drug-likeness (QED) is 0.348. The fraction of sp³-hybridized carbons (Fsp3) is 0.345. The second-order valence-corrected chi connectivity index (χ2v) is 11.3. The molecule has 41 heavy (non-hydrogen) atoms. The molecule has 2 atom stereocenters. The number of nitrogens with zero attached hydrogens (tertiary/aromatic N) is 4. The van der Waals surface area contributed by atoms with Crippen molar-refractivity contribution >= 4 is 51.8 Å². The highest BCUT2D eigenvalue weighted by atomic mass is 127. The van der Waals surface area contributed by atoms with Gasteiger partial charge < -0.3 is 5.32 Å². The summed E-state index contributed by atoms with van der Waals surface area (Å²) in [6, 6.07) is 9.46. The van der Waals surface area contributed by atoms with Crippen molar-refractivity contribution in [3.8, 4) is 0 Å². The van der Waals surface area contributed by atoms with Gasteiger partial charge >= 0.3 is 0 Å². The van der Waals surface area contributed by atoms with Crippen LogP contribution in [0.1, 0.15) is 50.1 Å². The topological polar surface area (TPSA) is 95.5 Å². The van der Waals surface area contributed by atoms with Crippen LogP contribution in [-0.4, -0.2) is 45.7 Å². The molecule has 5 rings (SSSR count). The predicted molar refractivity (Wildman–Crippen MR) is 154 cm³/mol. The molecular weight excluding hydrogens is 650 g/mol. The number of rotatable bonds is 7. The van der Waals surface area contributed by atoms with Gasteiger partial charge in [0.15, 0.2) is 5.82 Å². The fourth-order valence-electron chi connectivity index (χ4n) is 5.37. The molecule has 0 bridgehead atoms. The molecule has 2 fully saturated rings. The van der Waals surface area contributed by atoms with E-state index in [1.807, 2.05) is 0 Å². The maximum absolute atomic E-state index is 14.6. The first-order valence-corrected chi connectivity index (χ1v) is 14.3. The summed E-state index contributed by atoms with van der Waals surface area (Å²) in [5, 5.41) is 2.88. The molecule has 8 nitrogen and oxygen atoms in total. The van der Waals surface area contributed by atoms with E-state index in [2.05, 4.69) is 37.9 Å². The molecule has 1 aliphatic heterocycles. The molecule has 3 amide bonds. The van der Waals surface area contributed by atoms with Crippen molar-refractivity contribution in [3.05, 3.63) is 82.1 Å². The lowest BCUT2D eigenvalue weighted by Gasteiger charge is -2.37. The second kappa shape index (κ2) is 12.1. The third-order valence-corrected chi connectivity index (χ3v) is 8.37. The summed E-state index contributed by atoms with van der Waals surface area (Å²) in [6.07, 6.45) is 3.91. The molecular formula is C29H27F3IN5O3. The largest absolute Gasteiger partial charge is 0.351 e. The molecule has 1 saturated heterocycles. The third kappa shape index (κ3) is 6.36. The Labute approximate surface area is 248 Å². The zero-order chi connectivity index (χ0) is 29.1. The number of anilines is 2. The van der Waals surface area contributed by atoms with Gasteiger partial charge in [0.05, 0.1) is 6.20 Å². The average molecular weight is 677 g/mol. The Hall–Kier alpha value is -3.55. The van der Waals surface area contributed by atoms with Gasteiger partial charge in [-0.25, -0.2) is 18.2 Å². The standard InChI is InChI=1S/C29H27F3IN5O3/c30-18-4-3-5-20(16-18)37(28(41)23-8-9-25(39)38(23)24-17-34-14-15-35-24)26(21-6-1-2-7-22(21)33)27(40)36-19-10-12-29(31,32)13-11-19/h1-7,14-17,19,23,26H,8-13H2,(H,36,40)/t23-,26-/m0/s1. The van der Waals surface area contributed by atoms with Crippen molar-refractivity contribution in [1.29, 1.82) is 0 Å². The lowest BCUT2D eigenvalue weighted by Crippen LogP contribution is -2.53. The molecule has 1 N–H and O–H groups in total. The number of alkyl halides is 2. The molecule has 0 unspecified atom stereocenters. The molecule has 2 aliphatic rings. The van der Waals surface area contributed by atoms with Crippen molar-refractivity contribution in [2.45, 2.75) is 62.6 Å². The second-order valence-electron chi connectivity index (χ2n) is 10.1. The van der Waals surface area contributed by atoms with Crippen molar-refractivity contribution < 1.29 is 27.6 Å². The highest BCUT2D eigenvalue weighted by Crippen LogP contribution is 2.37. The number of benzene rings is 2. The average Bonchev–Trinajstić information content (AvgIpc) is 3.34. The summed E-state index contributed by atoms with van der Waals surface area (Å²) in [4.78, 5) is 52.2. The van der Waals surface area contributed by atoms with Crippen LogP contribution >= 0.6 is 22.6 Å². The summed E-state index contributed by atoms with van der Waals surface area (Å²) < 4.78 is 42.9.